The van der Waals surface area contributed by atoms with Crippen LogP contribution in [0.1, 0.15) is 48.5 Å². The molecule has 278 valence electrons. The van der Waals surface area contributed by atoms with Gasteiger partial charge in [0.25, 0.3) is 0 Å². The minimum absolute atomic E-state index is 0.0422. The minimum atomic E-state index is -0.890. The van der Waals surface area contributed by atoms with Crippen molar-refractivity contribution in [3.63, 3.8) is 0 Å². The number of nitrogens with one attached hydrogen (secondary N) is 2. The van der Waals surface area contributed by atoms with E-state index in [-0.39, 0.29) is 23.9 Å². The molecule has 3 fully saturated rings. The second kappa shape index (κ2) is 15.4. The number of phenols is 1. The van der Waals surface area contributed by atoms with Gasteiger partial charge in [0.15, 0.2) is 0 Å². The standard InChI is InChI=1S/C42H45N7O5/c50-38-15-12-32(33-13-16-40(52)44-41(33)38)39(51)25-43-24-28-10-14-34-35(22-28)46-48(45-34)19-5-4-6-27-9-11-31(29-7-2-1-3-8-29)36(23-27)49(42(53)54)37-26-47-20-17-30(37)18-21-47/h1-3,7-16,22-23,30,37,39,43,50-51H,4-6,17-21,24-26H2,(H,44,52)(H,53,54)/t37-,39-/m0/s1. The number of aromatic nitrogens is 4. The number of hydrogen-bond donors (Lipinski definition) is 5. The number of amides is 1. The Hall–Kier alpha value is -5.56. The normalized spacial score (nSPS) is 18.6. The molecule has 2 atom stereocenters. The summed E-state index contributed by atoms with van der Waals surface area (Å²) in [6.07, 6.45) is 2.93. The quantitative estimate of drug-likeness (QED) is 0.0891. The Morgan fingerprint density at radius 1 is 0.926 bits per heavy atom. The molecule has 0 aliphatic carbocycles. The van der Waals surface area contributed by atoms with E-state index in [9.17, 15) is 24.9 Å². The Balaban J connectivity index is 0.892. The number of aromatic hydroxyl groups is 1. The Labute approximate surface area is 312 Å². The first kappa shape index (κ1) is 35.5. The molecule has 54 heavy (non-hydrogen) atoms. The summed E-state index contributed by atoms with van der Waals surface area (Å²) in [4.78, 5) is 33.1. The van der Waals surface area contributed by atoms with Crippen LogP contribution in [0.5, 0.6) is 5.75 Å². The van der Waals surface area contributed by atoms with E-state index in [0.29, 0.717) is 35.5 Å². The number of aliphatic hydroxyl groups excluding tert-OH is 1. The smallest absolute Gasteiger partial charge is 0.412 e. The van der Waals surface area contributed by atoms with Crippen LogP contribution in [0.2, 0.25) is 0 Å². The third-order valence-corrected chi connectivity index (χ3v) is 11.1. The summed E-state index contributed by atoms with van der Waals surface area (Å²) in [6.45, 7) is 4.33. The Bertz CT molecular complexity index is 2330. The van der Waals surface area contributed by atoms with E-state index in [1.54, 1.807) is 21.8 Å². The number of rotatable bonds is 13. The SMILES string of the molecule is O=C(O)N(c1cc(CCCCn2nc3ccc(CNC[C@H](O)c4ccc(O)c5[nH]c(=O)ccc45)cc3n2)ccc1-c1ccccc1)[C@H]1CN2CCC1CC2. The summed E-state index contributed by atoms with van der Waals surface area (Å²) in [5.41, 5.74) is 7.06. The number of unbranched alkanes of at least 4 members (excludes halogenated alkanes) is 1. The summed E-state index contributed by atoms with van der Waals surface area (Å²) in [5, 5.41) is 45.0. The number of carbonyl (C=O) groups is 1. The molecule has 12 nitrogen and oxygen atoms in total. The van der Waals surface area contributed by atoms with Gasteiger partial charge in [-0.25, -0.2) is 4.79 Å². The van der Waals surface area contributed by atoms with Gasteiger partial charge in [0.1, 0.15) is 16.8 Å². The maximum Gasteiger partial charge on any atom is 0.412 e. The molecule has 0 saturated carbocycles. The Morgan fingerprint density at radius 2 is 1.72 bits per heavy atom. The van der Waals surface area contributed by atoms with Crippen LogP contribution in [-0.4, -0.2) is 78.5 Å². The van der Waals surface area contributed by atoms with E-state index in [2.05, 4.69) is 38.5 Å². The first-order valence-corrected chi connectivity index (χ1v) is 18.8. The number of aliphatic hydroxyl groups is 1. The molecule has 2 aromatic heterocycles. The predicted molar refractivity (Wildman–Crippen MR) is 209 cm³/mol. The number of nitrogens with zero attached hydrogens (tertiary/aromatic N) is 5. The molecule has 3 aliphatic heterocycles. The third kappa shape index (κ3) is 7.45. The highest BCUT2D eigenvalue weighted by Gasteiger charge is 2.40. The van der Waals surface area contributed by atoms with E-state index in [4.69, 9.17) is 5.10 Å². The fraction of sp³-hybridized carbons (Fsp3) is 0.333. The molecular formula is C42H45N7O5. The summed E-state index contributed by atoms with van der Waals surface area (Å²) in [5.74, 6) is 0.336. The Kier molecular flexibility index (Phi) is 10.1. The van der Waals surface area contributed by atoms with Crippen LogP contribution in [0.3, 0.4) is 0 Å². The van der Waals surface area contributed by atoms with Gasteiger partial charge >= 0.3 is 6.09 Å². The fourth-order valence-electron chi connectivity index (χ4n) is 8.25. The lowest BCUT2D eigenvalue weighted by Gasteiger charge is -2.48. The molecule has 5 heterocycles. The monoisotopic (exact) mass is 727 g/mol. The first-order valence-electron chi connectivity index (χ1n) is 18.8. The van der Waals surface area contributed by atoms with Gasteiger partial charge in [0.05, 0.1) is 29.9 Å². The zero-order chi connectivity index (χ0) is 37.2. The van der Waals surface area contributed by atoms with Crippen LogP contribution in [0.4, 0.5) is 10.5 Å². The maximum absolute atomic E-state index is 12.9. The van der Waals surface area contributed by atoms with E-state index in [1.165, 1.54) is 12.1 Å². The van der Waals surface area contributed by atoms with Crippen LogP contribution in [0.15, 0.2) is 95.8 Å². The molecule has 0 radical (unpaired) electrons. The second-order valence-corrected chi connectivity index (χ2v) is 14.6. The summed E-state index contributed by atoms with van der Waals surface area (Å²) >= 11 is 0. The van der Waals surface area contributed by atoms with Gasteiger partial charge < -0.3 is 30.5 Å². The molecule has 3 saturated heterocycles. The number of carboxylic acid groups (broad SMARTS) is 1. The minimum Gasteiger partial charge on any atom is -0.506 e. The van der Waals surface area contributed by atoms with Crippen molar-refractivity contribution in [2.75, 3.05) is 31.1 Å². The number of phenolic OH excluding ortho intramolecular Hbond substituents is 1. The molecule has 9 rings (SSSR count). The molecule has 3 aliphatic rings. The van der Waals surface area contributed by atoms with E-state index < -0.39 is 12.2 Å². The zero-order valence-electron chi connectivity index (χ0n) is 30.1. The molecule has 6 aromatic rings. The van der Waals surface area contributed by atoms with Gasteiger partial charge in [0, 0.05) is 36.7 Å². The molecule has 5 N–H and O–H groups in total. The van der Waals surface area contributed by atoms with E-state index in [1.807, 2.05) is 48.5 Å². The number of aryl methyl sites for hydroxylation is 2. The lowest BCUT2D eigenvalue weighted by atomic mass is 9.82. The highest BCUT2D eigenvalue weighted by atomic mass is 16.4. The molecular weight excluding hydrogens is 683 g/mol. The number of aromatic amines is 1. The third-order valence-electron chi connectivity index (χ3n) is 11.1. The summed E-state index contributed by atoms with van der Waals surface area (Å²) < 4.78 is 0. The van der Waals surface area contributed by atoms with Crippen molar-refractivity contribution >= 4 is 33.7 Å². The molecule has 0 unspecified atom stereocenters. The van der Waals surface area contributed by atoms with Gasteiger partial charge in [-0.05, 0) is 104 Å². The van der Waals surface area contributed by atoms with Crippen molar-refractivity contribution in [3.05, 3.63) is 118 Å². The van der Waals surface area contributed by atoms with Crippen molar-refractivity contribution in [2.24, 2.45) is 5.92 Å². The van der Waals surface area contributed by atoms with Crippen molar-refractivity contribution in [1.82, 2.24) is 30.2 Å². The topological polar surface area (TPSA) is 160 Å². The van der Waals surface area contributed by atoms with Gasteiger partial charge in [-0.15, -0.1) is 0 Å². The average Bonchev–Trinajstić information content (AvgIpc) is 3.60. The number of fused-ring (bicyclic) bond motifs is 5. The lowest BCUT2D eigenvalue weighted by Crippen LogP contribution is -2.59. The van der Waals surface area contributed by atoms with Gasteiger partial charge in [-0.2, -0.15) is 15.0 Å². The zero-order valence-corrected chi connectivity index (χ0v) is 30.1. The van der Waals surface area contributed by atoms with Crippen LogP contribution in [-0.2, 0) is 19.5 Å². The second-order valence-electron chi connectivity index (χ2n) is 14.6. The van der Waals surface area contributed by atoms with Crippen molar-refractivity contribution in [2.45, 2.75) is 57.3 Å². The predicted octanol–water partition coefficient (Wildman–Crippen LogP) is 6.07. The van der Waals surface area contributed by atoms with E-state index >= 15 is 0 Å². The van der Waals surface area contributed by atoms with Gasteiger partial charge in [0.2, 0.25) is 5.56 Å². The fourth-order valence-corrected chi connectivity index (χ4v) is 8.25. The van der Waals surface area contributed by atoms with Crippen molar-refractivity contribution in [3.8, 4) is 16.9 Å². The molecule has 1 amide bonds. The van der Waals surface area contributed by atoms with Crippen LogP contribution < -0.4 is 15.8 Å². The van der Waals surface area contributed by atoms with Crippen molar-refractivity contribution in [1.29, 1.82) is 0 Å². The number of hydrogen-bond acceptors (Lipinski definition) is 8. The van der Waals surface area contributed by atoms with Crippen molar-refractivity contribution < 1.29 is 20.1 Å². The summed E-state index contributed by atoms with van der Waals surface area (Å²) in [7, 11) is 0. The highest BCUT2D eigenvalue weighted by molar-refractivity contribution is 5.94. The number of benzene rings is 4. The highest BCUT2D eigenvalue weighted by Crippen LogP contribution is 2.39. The van der Waals surface area contributed by atoms with Gasteiger partial charge in [-0.3, -0.25) is 9.69 Å². The number of H-pyrrole nitrogens is 1. The Morgan fingerprint density at radius 3 is 2.50 bits per heavy atom. The molecule has 12 heteroatoms. The van der Waals surface area contributed by atoms with E-state index in [0.717, 1.165) is 90.7 Å². The largest absolute Gasteiger partial charge is 0.506 e. The molecule has 0 spiro atoms. The van der Waals surface area contributed by atoms with Crippen LogP contribution in [0.25, 0.3) is 33.1 Å². The number of pyridine rings is 1. The number of anilines is 1. The lowest BCUT2D eigenvalue weighted by molar-refractivity contribution is 0.0837. The maximum atomic E-state index is 12.9. The first-order chi connectivity index (χ1) is 26.3. The molecule has 2 bridgehead atoms. The van der Waals surface area contributed by atoms with Gasteiger partial charge in [-0.1, -0.05) is 54.6 Å². The average molecular weight is 728 g/mol. The number of piperidine rings is 3. The van der Waals surface area contributed by atoms with Crippen LogP contribution >= 0.6 is 0 Å². The molecule has 4 aromatic carbocycles. The summed E-state index contributed by atoms with van der Waals surface area (Å²) in [6, 6.07) is 28.4. The van der Waals surface area contributed by atoms with Crippen LogP contribution in [0, 0.1) is 5.92 Å².